The van der Waals surface area contributed by atoms with Crippen molar-refractivity contribution in [2.45, 2.75) is 38.8 Å². The predicted octanol–water partition coefficient (Wildman–Crippen LogP) is 1.76. The number of likely N-dealkylation sites (tertiary alicyclic amines) is 1. The Hall–Kier alpha value is -2.54. The highest BCUT2D eigenvalue weighted by atomic mass is 16.7. The maximum absolute atomic E-state index is 13.0. The second-order valence-electron chi connectivity index (χ2n) is 7.19. The molecule has 0 atom stereocenters. The van der Waals surface area contributed by atoms with Crippen LogP contribution in [-0.2, 0) is 20.9 Å². The lowest BCUT2D eigenvalue weighted by Gasteiger charge is -2.39. The Bertz CT molecular complexity index is 809. The molecule has 1 amide bonds. The van der Waals surface area contributed by atoms with E-state index in [1.54, 1.807) is 6.92 Å². The van der Waals surface area contributed by atoms with E-state index >= 15 is 0 Å². The molecule has 1 spiro atoms. The number of carbonyl (C=O) groups excluding carboxylic acids is 2. The molecule has 4 rings (SSSR count). The summed E-state index contributed by atoms with van der Waals surface area (Å²) in [4.78, 5) is 27.5. The molecule has 1 aromatic carbocycles. The molecule has 0 saturated carbocycles. The van der Waals surface area contributed by atoms with Gasteiger partial charge in [0.2, 0.25) is 6.79 Å². The first kappa shape index (κ1) is 17.9. The summed E-state index contributed by atoms with van der Waals surface area (Å²) in [6.07, 6.45) is 1.30. The van der Waals surface area contributed by atoms with Gasteiger partial charge in [0.1, 0.15) is 5.60 Å². The summed E-state index contributed by atoms with van der Waals surface area (Å²) in [5.74, 6) is 0.772. The van der Waals surface area contributed by atoms with Gasteiger partial charge in [-0.3, -0.25) is 4.79 Å². The first-order valence-corrected chi connectivity index (χ1v) is 9.36. The van der Waals surface area contributed by atoms with Crippen LogP contribution >= 0.6 is 0 Å². The second-order valence-corrected chi connectivity index (χ2v) is 7.19. The molecule has 7 heteroatoms. The number of benzene rings is 1. The number of piperidine rings is 1. The zero-order valence-electron chi connectivity index (χ0n) is 15.7. The van der Waals surface area contributed by atoms with Crippen molar-refractivity contribution in [3.63, 3.8) is 0 Å². The fourth-order valence-corrected chi connectivity index (χ4v) is 4.03. The van der Waals surface area contributed by atoms with Crippen LogP contribution in [0.1, 0.15) is 32.3 Å². The quantitative estimate of drug-likeness (QED) is 0.812. The normalized spacial score (nSPS) is 20.9. The Labute approximate surface area is 158 Å². The molecular weight excluding hydrogens is 348 g/mol. The van der Waals surface area contributed by atoms with E-state index in [-0.39, 0.29) is 18.7 Å². The van der Waals surface area contributed by atoms with Crippen LogP contribution in [0.4, 0.5) is 0 Å². The third-order valence-electron chi connectivity index (χ3n) is 5.65. The number of amides is 1. The fourth-order valence-electron chi connectivity index (χ4n) is 4.03. The maximum atomic E-state index is 13.0. The zero-order chi connectivity index (χ0) is 19.0. The monoisotopic (exact) mass is 372 g/mol. The lowest BCUT2D eigenvalue weighted by atomic mass is 9.82. The van der Waals surface area contributed by atoms with E-state index in [4.69, 9.17) is 14.2 Å². The molecule has 3 aliphatic heterocycles. The van der Waals surface area contributed by atoms with Crippen molar-refractivity contribution >= 4 is 11.9 Å². The van der Waals surface area contributed by atoms with Gasteiger partial charge in [0.25, 0.3) is 5.91 Å². The van der Waals surface area contributed by atoms with E-state index in [1.807, 2.05) is 18.2 Å². The SMILES string of the molecule is CCN1CCC2(CC1)OC(=O)C(C)=C2C(=O)NCc1ccc2c(c1)OCO2. The topological polar surface area (TPSA) is 77.1 Å². The van der Waals surface area contributed by atoms with Crippen LogP contribution in [0.25, 0.3) is 0 Å². The molecule has 3 aliphatic rings. The summed E-state index contributed by atoms with van der Waals surface area (Å²) < 4.78 is 16.4. The van der Waals surface area contributed by atoms with Crippen LogP contribution in [0.3, 0.4) is 0 Å². The molecule has 1 N–H and O–H groups in total. The van der Waals surface area contributed by atoms with Crippen molar-refractivity contribution in [1.82, 2.24) is 10.2 Å². The van der Waals surface area contributed by atoms with E-state index in [0.29, 0.717) is 42.0 Å². The van der Waals surface area contributed by atoms with Crippen molar-refractivity contribution in [3.05, 3.63) is 34.9 Å². The van der Waals surface area contributed by atoms with Crippen LogP contribution in [0, 0.1) is 0 Å². The first-order valence-electron chi connectivity index (χ1n) is 9.36. The molecule has 7 nitrogen and oxygen atoms in total. The van der Waals surface area contributed by atoms with E-state index in [1.165, 1.54) is 0 Å². The van der Waals surface area contributed by atoms with Crippen LogP contribution in [-0.4, -0.2) is 48.8 Å². The number of nitrogens with zero attached hydrogens (tertiary/aromatic N) is 1. The highest BCUT2D eigenvalue weighted by molar-refractivity contribution is 6.07. The molecule has 0 unspecified atom stereocenters. The predicted molar refractivity (Wildman–Crippen MR) is 97.3 cm³/mol. The van der Waals surface area contributed by atoms with Gasteiger partial charge < -0.3 is 24.4 Å². The largest absolute Gasteiger partial charge is 0.454 e. The number of ether oxygens (including phenoxy) is 3. The number of nitrogens with one attached hydrogen (secondary N) is 1. The lowest BCUT2D eigenvalue weighted by molar-refractivity contribution is -0.150. The minimum Gasteiger partial charge on any atom is -0.454 e. The molecule has 1 saturated heterocycles. The summed E-state index contributed by atoms with van der Waals surface area (Å²) in [7, 11) is 0. The molecule has 27 heavy (non-hydrogen) atoms. The maximum Gasteiger partial charge on any atom is 0.335 e. The van der Waals surface area contributed by atoms with Crippen LogP contribution in [0.5, 0.6) is 11.5 Å². The molecule has 0 aromatic heterocycles. The van der Waals surface area contributed by atoms with E-state index in [0.717, 1.165) is 25.2 Å². The number of rotatable bonds is 4. The number of hydrogen-bond donors (Lipinski definition) is 1. The average molecular weight is 372 g/mol. The van der Waals surface area contributed by atoms with E-state index in [9.17, 15) is 9.59 Å². The lowest BCUT2D eigenvalue weighted by Crippen LogP contribution is -2.48. The van der Waals surface area contributed by atoms with Gasteiger partial charge in [-0.1, -0.05) is 13.0 Å². The molecule has 0 bridgehead atoms. The minimum absolute atomic E-state index is 0.216. The summed E-state index contributed by atoms with van der Waals surface area (Å²) in [5, 5.41) is 2.94. The number of hydrogen-bond acceptors (Lipinski definition) is 6. The van der Waals surface area contributed by atoms with E-state index in [2.05, 4.69) is 17.1 Å². The zero-order valence-corrected chi connectivity index (χ0v) is 15.7. The molecular formula is C20H24N2O5. The van der Waals surface area contributed by atoms with Crippen molar-refractivity contribution in [2.24, 2.45) is 0 Å². The van der Waals surface area contributed by atoms with Gasteiger partial charge in [-0.25, -0.2) is 4.79 Å². The van der Waals surface area contributed by atoms with Crippen LogP contribution in [0.15, 0.2) is 29.3 Å². The minimum atomic E-state index is -0.786. The Morgan fingerprint density at radius 1 is 1.22 bits per heavy atom. The van der Waals surface area contributed by atoms with Crippen molar-refractivity contribution in [2.75, 3.05) is 26.4 Å². The molecule has 1 aromatic rings. The first-order chi connectivity index (χ1) is 13.0. The number of fused-ring (bicyclic) bond motifs is 1. The highest BCUT2D eigenvalue weighted by Gasteiger charge is 2.50. The fraction of sp³-hybridized carbons (Fsp3) is 0.500. The summed E-state index contributed by atoms with van der Waals surface area (Å²) in [6.45, 7) is 6.94. The van der Waals surface area contributed by atoms with Gasteiger partial charge >= 0.3 is 5.97 Å². The summed E-state index contributed by atoms with van der Waals surface area (Å²) in [6, 6.07) is 5.58. The summed E-state index contributed by atoms with van der Waals surface area (Å²) in [5.41, 5.74) is 1.03. The van der Waals surface area contributed by atoms with Crippen LogP contribution < -0.4 is 14.8 Å². The standard InChI is InChI=1S/C20H24N2O5/c1-3-22-8-6-20(7-9-22)17(13(2)19(24)27-20)18(23)21-11-14-4-5-15-16(10-14)26-12-25-15/h4-5,10H,3,6-9,11-12H2,1-2H3,(H,21,23). The Morgan fingerprint density at radius 3 is 2.70 bits per heavy atom. The molecule has 0 aliphatic carbocycles. The Balaban J connectivity index is 1.48. The van der Waals surface area contributed by atoms with E-state index < -0.39 is 5.60 Å². The second kappa shape index (κ2) is 6.88. The third-order valence-corrected chi connectivity index (χ3v) is 5.65. The van der Waals surface area contributed by atoms with Crippen molar-refractivity contribution in [1.29, 1.82) is 0 Å². The average Bonchev–Trinajstić information content (AvgIpc) is 3.23. The van der Waals surface area contributed by atoms with Gasteiger partial charge in [0, 0.05) is 38.0 Å². The van der Waals surface area contributed by atoms with Crippen molar-refractivity contribution in [3.8, 4) is 11.5 Å². The number of carbonyl (C=O) groups is 2. The van der Waals surface area contributed by atoms with Crippen LogP contribution in [0.2, 0.25) is 0 Å². The number of esters is 1. The van der Waals surface area contributed by atoms with Gasteiger partial charge in [-0.15, -0.1) is 0 Å². The highest BCUT2D eigenvalue weighted by Crippen LogP contribution is 2.41. The Morgan fingerprint density at radius 2 is 1.96 bits per heavy atom. The van der Waals surface area contributed by atoms with Gasteiger partial charge in [-0.2, -0.15) is 0 Å². The molecule has 3 heterocycles. The van der Waals surface area contributed by atoms with Gasteiger partial charge in [0.05, 0.1) is 5.57 Å². The van der Waals surface area contributed by atoms with Gasteiger partial charge in [0.15, 0.2) is 11.5 Å². The van der Waals surface area contributed by atoms with Crippen molar-refractivity contribution < 1.29 is 23.8 Å². The molecule has 0 radical (unpaired) electrons. The smallest absolute Gasteiger partial charge is 0.335 e. The summed E-state index contributed by atoms with van der Waals surface area (Å²) >= 11 is 0. The van der Waals surface area contributed by atoms with Gasteiger partial charge in [-0.05, 0) is 31.2 Å². The molecule has 1 fully saturated rings. The molecule has 144 valence electrons. The third kappa shape index (κ3) is 3.16. The Kier molecular flexibility index (Phi) is 4.55.